The molecule has 0 heterocycles. The zero-order valence-corrected chi connectivity index (χ0v) is 80.6. The molecule has 0 aliphatic rings. The Kier molecular flexibility index (Phi) is 73.0. The van der Waals surface area contributed by atoms with Crippen molar-refractivity contribution >= 4 is 106 Å². The molecule has 137 heavy (non-hydrogen) atoms. The molecule has 2 rings (SSSR count). The topological polar surface area (TPSA) is 570 Å². The van der Waals surface area contributed by atoms with Crippen molar-refractivity contribution in [3.05, 3.63) is 71.8 Å². The summed E-state index contributed by atoms with van der Waals surface area (Å²) in [7, 11) is 0. The first-order valence-electron chi connectivity index (χ1n) is 48.7. The summed E-state index contributed by atoms with van der Waals surface area (Å²) in [5.41, 5.74) is 2.44. The van der Waals surface area contributed by atoms with Crippen LogP contribution in [0.1, 0.15) is 259 Å². The van der Waals surface area contributed by atoms with E-state index >= 15 is 0 Å². The van der Waals surface area contributed by atoms with E-state index in [1.165, 1.54) is 18.1 Å². The van der Waals surface area contributed by atoms with Crippen LogP contribution < -0.4 is 47.9 Å². The number of nitrogens with one attached hydrogen (secondary N) is 9. The Morgan fingerprint density at radius 2 is 0.606 bits per heavy atom. The molecule has 6 atom stereocenters. The van der Waals surface area contributed by atoms with Crippen LogP contribution in [-0.2, 0) is 137 Å². The van der Waals surface area contributed by atoms with Crippen molar-refractivity contribution in [1.29, 1.82) is 0 Å². The molecule has 0 radical (unpaired) electrons. The van der Waals surface area contributed by atoms with Gasteiger partial charge in [-0.15, -0.1) is 0 Å². The van der Waals surface area contributed by atoms with Gasteiger partial charge in [-0.1, -0.05) is 106 Å². The van der Waals surface area contributed by atoms with E-state index < -0.39 is 65.7 Å². The first-order chi connectivity index (χ1) is 66.0. The van der Waals surface area contributed by atoms with E-state index in [1.807, 2.05) is 67.6 Å². The maximum Gasteiger partial charge on any atom is 0.326 e. The molecule has 0 unspecified atom stereocenters. The molecule has 39 heteroatoms. The van der Waals surface area contributed by atoms with Crippen LogP contribution in [0.2, 0.25) is 0 Å². The number of aryl methyl sites for hydroxylation is 2. The fourth-order valence-electron chi connectivity index (χ4n) is 14.0. The number of carboxylic acid groups (broad SMARTS) is 4. The lowest BCUT2D eigenvalue weighted by atomic mass is 9.87. The van der Waals surface area contributed by atoms with Crippen molar-refractivity contribution < 1.29 is 147 Å². The monoisotopic (exact) mass is 1940 g/mol. The fraction of sp³-hybridized carbons (Fsp3) is 0.694. The van der Waals surface area contributed by atoms with Gasteiger partial charge in [0.25, 0.3) is 0 Å². The normalized spacial score (nSPS) is 12.4. The zero-order chi connectivity index (χ0) is 101. The van der Waals surface area contributed by atoms with Crippen molar-refractivity contribution in [2.24, 2.45) is 17.8 Å². The van der Waals surface area contributed by atoms with Crippen molar-refractivity contribution in [1.82, 2.24) is 47.9 Å². The highest BCUT2D eigenvalue weighted by atomic mass is 16.5. The van der Waals surface area contributed by atoms with Crippen LogP contribution in [0.4, 0.5) is 0 Å². The number of rotatable bonds is 93. The number of hydrogen-bond acceptors (Lipinski definition) is 26. The van der Waals surface area contributed by atoms with Gasteiger partial charge < -0.3 is 106 Å². The minimum atomic E-state index is -1.27. The lowest BCUT2D eigenvalue weighted by molar-refractivity contribution is -0.144. The highest BCUT2D eigenvalue weighted by Crippen LogP contribution is 2.21. The highest BCUT2D eigenvalue weighted by Gasteiger charge is 2.27. The summed E-state index contributed by atoms with van der Waals surface area (Å²) in [5, 5.41) is 62.3. The number of benzene rings is 2. The van der Waals surface area contributed by atoms with Crippen LogP contribution in [0.25, 0.3) is 0 Å². The minimum Gasteiger partial charge on any atom is -0.481 e. The molecule has 2 aromatic rings. The highest BCUT2D eigenvalue weighted by molar-refractivity contribution is 5.89. The Balaban J connectivity index is 0.0000952. The molecule has 39 nitrogen and oxygen atoms in total. The number of Topliss-reactive ketones (excluding diaryl/α,β-unsaturated/α-hetero) is 5. The molecule has 0 aromatic heterocycles. The molecular weight excluding hydrogens is 1780 g/mol. The summed E-state index contributed by atoms with van der Waals surface area (Å²) in [6.45, 7) is 6.45. The number of hydrogen-bond donors (Lipinski definition) is 13. The average molecular weight is 1940 g/mol. The number of carbonyl (C=O) groups is 18. The number of ketones is 5. The number of carbonyl (C=O) groups excluding carboxylic acids is 14. The second-order valence-corrected chi connectivity index (χ2v) is 33.9. The van der Waals surface area contributed by atoms with E-state index in [-0.39, 0.29) is 301 Å². The first-order valence-corrected chi connectivity index (χ1v) is 48.7. The molecule has 2 aromatic carbocycles. The van der Waals surface area contributed by atoms with Gasteiger partial charge in [0.05, 0.1) is 72.0 Å². The van der Waals surface area contributed by atoms with Crippen LogP contribution in [0.15, 0.2) is 60.7 Å². The van der Waals surface area contributed by atoms with Gasteiger partial charge in [-0.2, -0.15) is 0 Å². The maximum absolute atomic E-state index is 13.1. The lowest BCUT2D eigenvalue weighted by Gasteiger charge is -2.16. The number of amides is 9. The van der Waals surface area contributed by atoms with Gasteiger partial charge in [0.15, 0.2) is 5.78 Å². The molecule has 13 N–H and O–H groups in total. The summed E-state index contributed by atoms with van der Waals surface area (Å²) in [4.78, 5) is 221. The second kappa shape index (κ2) is 81.6. The summed E-state index contributed by atoms with van der Waals surface area (Å²) >= 11 is 0. The van der Waals surface area contributed by atoms with Gasteiger partial charge in [0.2, 0.25) is 53.2 Å². The smallest absolute Gasteiger partial charge is 0.326 e. The average Bonchev–Trinajstić information content (AvgIpc) is 0.910. The maximum atomic E-state index is 13.1. The molecule has 0 fully saturated rings. The van der Waals surface area contributed by atoms with Crippen molar-refractivity contribution in [2.45, 2.75) is 276 Å². The molecule has 0 aliphatic heterocycles. The van der Waals surface area contributed by atoms with Crippen LogP contribution in [0, 0.1) is 17.8 Å². The Labute approximate surface area is 808 Å². The van der Waals surface area contributed by atoms with E-state index in [4.69, 9.17) is 37.9 Å². The van der Waals surface area contributed by atoms with Crippen molar-refractivity contribution in [3.63, 3.8) is 0 Å². The molecule has 0 spiro atoms. The number of aliphatic carboxylic acids is 4. The first kappa shape index (κ1) is 123. The molecule has 776 valence electrons. The zero-order valence-electron chi connectivity index (χ0n) is 80.6. The third-order valence-electron chi connectivity index (χ3n) is 22.1. The van der Waals surface area contributed by atoms with Crippen molar-refractivity contribution in [2.75, 3.05) is 145 Å². The fourth-order valence-corrected chi connectivity index (χ4v) is 14.0. The Morgan fingerprint density at radius 1 is 0.270 bits per heavy atom. The SMILES string of the molecule is CC(=O)[C@H](CCCCNC(=O)COCCOCCNC(=O)COCCOCCCC(=O)CC[C@H](NC(=O)CCCCCNC(=O)CC[C@H](NC(=O)CCCCCc1ccccc1)C(=O)O)C(=O)O)CC(=O)[C@@H](C)CCCCNC(=O)COCCOCCCC(=O)COCCOCCNC(=O)CC[C@H](CC(=O)CCCCCNC(=O)CC[C@H](NC(=O)CCCCCc1ccccc1)C(=O)O)C(=O)O.[HH].[HH]. The van der Waals surface area contributed by atoms with Gasteiger partial charge in [-0.25, -0.2) is 14.4 Å². The van der Waals surface area contributed by atoms with Crippen LogP contribution >= 0.6 is 0 Å². The van der Waals surface area contributed by atoms with E-state index in [0.29, 0.717) is 129 Å². The van der Waals surface area contributed by atoms with Gasteiger partial charge in [-0.05, 0) is 146 Å². The van der Waals surface area contributed by atoms with Crippen molar-refractivity contribution in [3.8, 4) is 0 Å². The van der Waals surface area contributed by atoms with Crippen LogP contribution in [-0.4, -0.2) is 289 Å². The third-order valence-corrected chi connectivity index (χ3v) is 22.1. The molecular formula is C98H159N9O30. The lowest BCUT2D eigenvalue weighted by Crippen LogP contribution is -2.41. The summed E-state index contributed by atoms with van der Waals surface area (Å²) in [5.74, 6) is -10.7. The minimum absolute atomic E-state index is 0. The molecule has 9 amide bonds. The Morgan fingerprint density at radius 3 is 1.02 bits per heavy atom. The Bertz CT molecular complexity index is 3840. The van der Waals surface area contributed by atoms with E-state index in [2.05, 4.69) is 47.9 Å². The molecule has 0 bridgehead atoms. The van der Waals surface area contributed by atoms with Gasteiger partial charge in [0.1, 0.15) is 67.7 Å². The summed E-state index contributed by atoms with van der Waals surface area (Å²) < 4.78 is 43.4. The van der Waals surface area contributed by atoms with Gasteiger partial charge in [0, 0.05) is 144 Å². The largest absolute Gasteiger partial charge is 0.481 e. The molecule has 0 aliphatic carbocycles. The molecule has 0 saturated carbocycles. The predicted octanol–water partition coefficient (Wildman–Crippen LogP) is 7.36. The van der Waals surface area contributed by atoms with E-state index in [9.17, 15) is 107 Å². The second-order valence-electron chi connectivity index (χ2n) is 33.9. The summed E-state index contributed by atoms with van der Waals surface area (Å²) in [6, 6.07) is 16.4. The summed E-state index contributed by atoms with van der Waals surface area (Å²) in [6.07, 6.45) is 14.2. The van der Waals surface area contributed by atoms with Gasteiger partial charge in [-0.3, -0.25) is 71.9 Å². The van der Waals surface area contributed by atoms with E-state index in [0.717, 1.165) is 38.5 Å². The quantitative estimate of drug-likeness (QED) is 0.0287. The van der Waals surface area contributed by atoms with Crippen LogP contribution in [0.5, 0.6) is 0 Å². The standard InChI is InChI=1S/C98H155N9O30.2H2/c1-73(27-19-23-51-101-92(119)70-135-64-60-131-56-26-37-81(111)69-134-63-61-132-57-53-103-86(113)46-41-78(95(122)123)67-80(110)35-15-7-21-49-99-87(114)47-44-83(97(126)127)106-89(116)38-16-5-13-32-75-28-9-3-10-29-75)85(112)68-77(74(2)108)34-20-24-52-102-93(120)71-137-66-62-133-58-54-104-94(121)72-136-65-59-130-55-25-36-79(109)42-43-82(96(124)125)105-91(118)40-18-8-22-50-100-88(115)48-45-84(98(128)129)107-90(117)39-17-6-14-33-76-30-11-4-12-31-76;;/h3-4,9-12,28-31,73,77-78,82-84H,5-8,13-27,32-72H2,1-2H3,(H,99,114)(H,100,115)(H,101,119)(H,102,120)(H,103,113)(H,104,121)(H,105,118)(H,106,116)(H,107,117)(H,122,123)(H,124,125)(H,126,127)(H,128,129);2*1H/t73-,77+,78+,82-,83-,84-;;/m0../s1. The number of ether oxygens (including phenoxy) is 8. The predicted molar refractivity (Wildman–Crippen MR) is 509 cm³/mol. The van der Waals surface area contributed by atoms with Crippen LogP contribution in [0.3, 0.4) is 0 Å². The van der Waals surface area contributed by atoms with E-state index in [1.54, 1.807) is 0 Å². The number of unbranched alkanes of at least 4 members (excludes halogenated alkanes) is 10. The van der Waals surface area contributed by atoms with Gasteiger partial charge >= 0.3 is 23.9 Å². The Hall–Kier alpha value is -10.4. The third kappa shape index (κ3) is 71.7. The number of carboxylic acids is 4. The molecule has 0 saturated heterocycles.